The number of nitriles is 1. The van der Waals surface area contributed by atoms with Crippen LogP contribution in [0.4, 0.5) is 17.3 Å². The summed E-state index contributed by atoms with van der Waals surface area (Å²) >= 11 is 2.14. The number of fused-ring (bicyclic) bond motifs is 2. The number of benzene rings is 2. The summed E-state index contributed by atoms with van der Waals surface area (Å²) in [6.07, 6.45) is 6.23. The zero-order valence-corrected chi connectivity index (χ0v) is 23.2. The molecule has 3 fully saturated rings. The van der Waals surface area contributed by atoms with E-state index in [0.717, 1.165) is 53.7 Å². The summed E-state index contributed by atoms with van der Waals surface area (Å²) in [5.41, 5.74) is 5.55. The van der Waals surface area contributed by atoms with E-state index < -0.39 is 0 Å². The van der Waals surface area contributed by atoms with Gasteiger partial charge in [0.15, 0.2) is 5.78 Å². The molecule has 0 saturated carbocycles. The van der Waals surface area contributed by atoms with E-state index in [9.17, 15) is 4.79 Å². The normalized spacial score (nSPS) is 21.2. The minimum Gasteiger partial charge on any atom is -0.371 e. The first-order valence-electron chi connectivity index (χ1n) is 13.9. The number of ketones is 1. The SMILES string of the molecule is Cc1cnc(Nc2ccc(N3CCC(N4C5CSCC4C5)CC3)cc2)nc1-c1ccc(C(=O)CCC#N)cc1. The number of hydrogen-bond acceptors (Lipinski definition) is 8. The Labute approximate surface area is 234 Å². The third kappa shape index (κ3) is 5.52. The van der Waals surface area contributed by atoms with E-state index in [-0.39, 0.29) is 18.6 Å². The molecule has 3 aliphatic heterocycles. The lowest BCUT2D eigenvalue weighted by atomic mass is 9.88. The third-order valence-corrected chi connectivity index (χ3v) is 9.54. The van der Waals surface area contributed by atoms with Crippen LogP contribution in [0.5, 0.6) is 0 Å². The van der Waals surface area contributed by atoms with Gasteiger partial charge in [-0.3, -0.25) is 9.69 Å². The number of hydrogen-bond donors (Lipinski definition) is 1. The molecule has 0 radical (unpaired) electrons. The lowest BCUT2D eigenvalue weighted by Gasteiger charge is -2.57. The van der Waals surface area contributed by atoms with Gasteiger partial charge in [0, 0.05) is 84.3 Å². The van der Waals surface area contributed by atoms with Gasteiger partial charge in [0.25, 0.3) is 0 Å². The Morgan fingerprint density at radius 2 is 1.77 bits per heavy atom. The highest BCUT2D eigenvalue weighted by Gasteiger charge is 2.45. The fourth-order valence-electron chi connectivity index (χ4n) is 6.19. The minimum absolute atomic E-state index is 0.0182. The average Bonchev–Trinajstić information content (AvgIpc) is 2.98. The van der Waals surface area contributed by atoms with Crippen LogP contribution in [0.2, 0.25) is 0 Å². The van der Waals surface area contributed by atoms with Gasteiger partial charge in [0.1, 0.15) is 0 Å². The highest BCUT2D eigenvalue weighted by atomic mass is 32.2. The molecule has 8 heteroatoms. The van der Waals surface area contributed by atoms with Crippen LogP contribution in [0.15, 0.2) is 54.7 Å². The first kappa shape index (κ1) is 25.8. The predicted molar refractivity (Wildman–Crippen MR) is 158 cm³/mol. The summed E-state index contributed by atoms with van der Waals surface area (Å²) in [5, 5.41) is 12.1. The average molecular weight is 539 g/mol. The highest BCUT2D eigenvalue weighted by Crippen LogP contribution is 2.40. The van der Waals surface area contributed by atoms with Crippen LogP contribution in [-0.2, 0) is 0 Å². The van der Waals surface area contributed by atoms with Crippen molar-refractivity contribution in [2.24, 2.45) is 0 Å². The number of anilines is 3. The predicted octanol–water partition coefficient (Wildman–Crippen LogP) is 5.84. The number of aryl methyl sites for hydroxylation is 1. The van der Waals surface area contributed by atoms with Gasteiger partial charge in [-0.2, -0.15) is 17.0 Å². The fourth-order valence-corrected chi connectivity index (χ4v) is 7.49. The van der Waals surface area contributed by atoms with E-state index >= 15 is 0 Å². The number of Topliss-reactive ketones (excluding diaryl/α,β-unsaturated/α-hetero) is 1. The Morgan fingerprint density at radius 3 is 2.44 bits per heavy atom. The molecule has 4 heterocycles. The Hall–Kier alpha value is -3.41. The largest absolute Gasteiger partial charge is 0.371 e. The molecule has 0 spiro atoms. The second-order valence-electron chi connectivity index (χ2n) is 10.8. The van der Waals surface area contributed by atoms with Gasteiger partial charge in [-0.15, -0.1) is 0 Å². The molecule has 39 heavy (non-hydrogen) atoms. The first-order chi connectivity index (χ1) is 19.1. The monoisotopic (exact) mass is 538 g/mol. The Morgan fingerprint density at radius 1 is 1.05 bits per heavy atom. The summed E-state index contributed by atoms with van der Waals surface area (Å²) in [5.74, 6) is 3.18. The first-order valence-corrected chi connectivity index (χ1v) is 15.1. The van der Waals surface area contributed by atoms with Crippen LogP contribution in [-0.4, -0.2) is 63.4 Å². The summed E-state index contributed by atoms with van der Waals surface area (Å²) in [4.78, 5) is 26.8. The fraction of sp³-hybridized carbons (Fsp3) is 0.419. The summed E-state index contributed by atoms with van der Waals surface area (Å²) in [6.45, 7) is 4.22. The van der Waals surface area contributed by atoms with Gasteiger partial charge in [0.2, 0.25) is 5.95 Å². The Balaban J connectivity index is 1.07. The highest BCUT2D eigenvalue weighted by molar-refractivity contribution is 7.99. The summed E-state index contributed by atoms with van der Waals surface area (Å²) < 4.78 is 0. The van der Waals surface area contributed by atoms with Crippen molar-refractivity contribution in [1.29, 1.82) is 5.26 Å². The maximum absolute atomic E-state index is 12.2. The summed E-state index contributed by atoms with van der Waals surface area (Å²) in [7, 11) is 0. The van der Waals surface area contributed by atoms with Crippen molar-refractivity contribution in [3.05, 3.63) is 65.9 Å². The molecular weight excluding hydrogens is 504 g/mol. The van der Waals surface area contributed by atoms with Gasteiger partial charge in [-0.05, 0) is 56.0 Å². The van der Waals surface area contributed by atoms with E-state index in [4.69, 9.17) is 10.2 Å². The summed E-state index contributed by atoms with van der Waals surface area (Å²) in [6, 6.07) is 20.5. The van der Waals surface area contributed by atoms with Crippen LogP contribution < -0.4 is 10.2 Å². The van der Waals surface area contributed by atoms with Crippen molar-refractivity contribution in [2.75, 3.05) is 34.8 Å². The topological polar surface area (TPSA) is 85.2 Å². The number of nitrogens with one attached hydrogen (secondary N) is 1. The zero-order valence-electron chi connectivity index (χ0n) is 22.3. The molecule has 2 unspecified atom stereocenters. The third-order valence-electron chi connectivity index (χ3n) is 8.30. The van der Waals surface area contributed by atoms with Crippen LogP contribution in [0.3, 0.4) is 0 Å². The second-order valence-corrected chi connectivity index (χ2v) is 11.9. The van der Waals surface area contributed by atoms with Crippen LogP contribution >= 0.6 is 11.8 Å². The lowest BCUT2D eigenvalue weighted by molar-refractivity contribution is -0.0152. The molecule has 3 saturated heterocycles. The molecule has 0 amide bonds. The molecule has 0 aliphatic carbocycles. The zero-order chi connectivity index (χ0) is 26.8. The number of carbonyl (C=O) groups is 1. The number of thioether (sulfide) groups is 1. The maximum Gasteiger partial charge on any atom is 0.227 e. The van der Waals surface area contributed by atoms with Gasteiger partial charge in [-0.25, -0.2) is 9.97 Å². The standard InChI is InChI=1S/C31H34N6OS/c1-21-18-33-31(35-30(21)23-6-4-22(5-7-23)29(38)3-2-14-32)34-24-8-10-25(11-9-24)36-15-12-26(13-16-36)37-27-17-28(37)20-39-19-27/h4-11,18,26-28H,2-3,12-13,15-17,19-20H2,1H3,(H,33,34,35). The second kappa shape index (κ2) is 11.4. The number of rotatable bonds is 8. The molecule has 3 aliphatic rings. The maximum atomic E-state index is 12.2. The van der Waals surface area contributed by atoms with Crippen molar-refractivity contribution in [1.82, 2.24) is 14.9 Å². The van der Waals surface area contributed by atoms with E-state index in [2.05, 4.69) is 56.1 Å². The minimum atomic E-state index is -0.0182. The number of aromatic nitrogens is 2. The van der Waals surface area contributed by atoms with E-state index in [1.165, 1.54) is 36.5 Å². The molecule has 2 bridgehead atoms. The van der Waals surface area contributed by atoms with Gasteiger partial charge >= 0.3 is 0 Å². The van der Waals surface area contributed by atoms with Crippen molar-refractivity contribution < 1.29 is 4.79 Å². The number of carbonyl (C=O) groups excluding carboxylic acids is 1. The van der Waals surface area contributed by atoms with Crippen molar-refractivity contribution >= 4 is 34.9 Å². The molecule has 2 atom stereocenters. The van der Waals surface area contributed by atoms with Crippen LogP contribution in [0, 0.1) is 18.3 Å². The molecule has 3 aromatic rings. The molecule has 7 nitrogen and oxygen atoms in total. The number of nitrogens with zero attached hydrogens (tertiary/aromatic N) is 5. The van der Waals surface area contributed by atoms with Gasteiger partial charge < -0.3 is 10.2 Å². The van der Waals surface area contributed by atoms with Crippen LogP contribution in [0.25, 0.3) is 11.3 Å². The quantitative estimate of drug-likeness (QED) is 0.358. The van der Waals surface area contributed by atoms with E-state index in [1.807, 2.05) is 31.3 Å². The van der Waals surface area contributed by atoms with Gasteiger partial charge in [-0.1, -0.05) is 24.3 Å². The molecule has 200 valence electrons. The van der Waals surface area contributed by atoms with Gasteiger partial charge in [0.05, 0.1) is 11.8 Å². The van der Waals surface area contributed by atoms with Crippen molar-refractivity contribution in [2.45, 2.75) is 57.2 Å². The molecular formula is C31H34N6OS. The lowest BCUT2D eigenvalue weighted by Crippen LogP contribution is -2.66. The molecule has 2 aromatic carbocycles. The molecule has 6 rings (SSSR count). The molecule has 1 aromatic heterocycles. The molecule has 1 N–H and O–H groups in total. The van der Waals surface area contributed by atoms with Crippen LogP contribution in [0.1, 0.15) is 48.0 Å². The van der Waals surface area contributed by atoms with E-state index in [0.29, 0.717) is 11.5 Å². The smallest absolute Gasteiger partial charge is 0.227 e. The van der Waals surface area contributed by atoms with Crippen molar-refractivity contribution in [3.63, 3.8) is 0 Å². The number of piperidine rings is 1. The van der Waals surface area contributed by atoms with Crippen molar-refractivity contribution in [3.8, 4) is 17.3 Å². The Bertz CT molecular complexity index is 1350. The Kier molecular flexibility index (Phi) is 7.53. The van der Waals surface area contributed by atoms with E-state index in [1.54, 1.807) is 12.1 Å².